The maximum Gasteiger partial charge on any atom is 0.254 e. The lowest BCUT2D eigenvalue weighted by Gasteiger charge is -2.43. The summed E-state index contributed by atoms with van der Waals surface area (Å²) in [7, 11) is 4.66. The number of rotatable bonds is 11. The Morgan fingerprint density at radius 2 is 1.77 bits per heavy atom. The molecule has 1 N–H and O–H groups in total. The monoisotopic (exact) mass is 686 g/mol. The van der Waals surface area contributed by atoms with Crippen molar-refractivity contribution in [3.63, 3.8) is 0 Å². The van der Waals surface area contributed by atoms with E-state index in [1.165, 1.54) is 29.9 Å². The van der Waals surface area contributed by atoms with E-state index in [2.05, 4.69) is 80.5 Å². The molecule has 2 saturated heterocycles. The molecule has 0 unspecified atom stereocenters. The molecule has 0 bridgehead atoms. The first-order valence-electron chi connectivity index (χ1n) is 15.1. The van der Waals surface area contributed by atoms with Crippen LogP contribution in [0.2, 0.25) is 0 Å². The molecule has 10 nitrogen and oxygen atoms in total. The molecule has 44 heavy (non-hydrogen) atoms. The van der Waals surface area contributed by atoms with Gasteiger partial charge in [0.2, 0.25) is 10.9 Å². The van der Waals surface area contributed by atoms with Gasteiger partial charge in [-0.1, -0.05) is 28.1 Å². The number of nitrogens with one attached hydrogen (secondary N) is 1. The molecule has 238 valence electrons. The van der Waals surface area contributed by atoms with Crippen molar-refractivity contribution in [3.8, 4) is 17.2 Å². The van der Waals surface area contributed by atoms with Gasteiger partial charge in [0, 0.05) is 65.4 Å². The molecule has 5 rings (SSSR count). The van der Waals surface area contributed by atoms with Crippen molar-refractivity contribution in [2.24, 2.45) is 0 Å². The van der Waals surface area contributed by atoms with E-state index >= 15 is 0 Å². The van der Waals surface area contributed by atoms with Gasteiger partial charge in [0.05, 0.1) is 27.9 Å². The van der Waals surface area contributed by atoms with Crippen LogP contribution < -0.4 is 19.5 Å². The van der Waals surface area contributed by atoms with E-state index in [0.29, 0.717) is 48.0 Å². The maximum absolute atomic E-state index is 13.6. The lowest BCUT2D eigenvalue weighted by Crippen LogP contribution is -2.57. The van der Waals surface area contributed by atoms with Crippen molar-refractivity contribution in [2.75, 3.05) is 52.8 Å². The summed E-state index contributed by atoms with van der Waals surface area (Å²) in [5, 5.41) is 4.43. The number of carbonyl (C=O) groups excluding carboxylic acids is 1. The van der Waals surface area contributed by atoms with Crippen LogP contribution >= 0.6 is 27.5 Å². The highest BCUT2D eigenvalue weighted by Gasteiger charge is 2.34. The second kappa shape index (κ2) is 14.4. The topological polar surface area (TPSA) is 92.3 Å². The number of amides is 1. The Labute approximate surface area is 273 Å². The van der Waals surface area contributed by atoms with Crippen molar-refractivity contribution in [1.82, 2.24) is 24.1 Å². The zero-order chi connectivity index (χ0) is 31.4. The van der Waals surface area contributed by atoms with E-state index in [4.69, 9.17) is 19.2 Å². The number of likely N-dealkylation sites (tertiary alicyclic amines) is 1. The highest BCUT2D eigenvalue weighted by molar-refractivity contribution is 9.10. The van der Waals surface area contributed by atoms with Crippen LogP contribution in [0.1, 0.15) is 61.4 Å². The van der Waals surface area contributed by atoms with Crippen LogP contribution in [0, 0.1) is 0 Å². The summed E-state index contributed by atoms with van der Waals surface area (Å²) in [4.78, 5) is 25.3. The van der Waals surface area contributed by atoms with Crippen molar-refractivity contribution in [3.05, 3.63) is 57.8 Å². The largest absolute Gasteiger partial charge is 0.493 e. The summed E-state index contributed by atoms with van der Waals surface area (Å²) < 4.78 is 22.1. The van der Waals surface area contributed by atoms with Crippen LogP contribution in [0.15, 0.2) is 40.9 Å². The van der Waals surface area contributed by atoms with E-state index < -0.39 is 0 Å². The lowest BCUT2D eigenvalue weighted by molar-refractivity contribution is 0.0283. The molecule has 2 fully saturated rings. The molecule has 2 aromatic carbocycles. The predicted octanol–water partition coefficient (Wildman–Crippen LogP) is 5.70. The van der Waals surface area contributed by atoms with Crippen LogP contribution in [-0.4, -0.2) is 95.6 Å². The van der Waals surface area contributed by atoms with E-state index in [1.807, 2.05) is 4.90 Å². The van der Waals surface area contributed by atoms with Gasteiger partial charge in [-0.2, -0.15) is 4.37 Å². The first kappa shape index (κ1) is 32.5. The zero-order valence-electron chi connectivity index (χ0n) is 26.4. The van der Waals surface area contributed by atoms with Crippen molar-refractivity contribution < 1.29 is 19.0 Å². The first-order valence-corrected chi connectivity index (χ1v) is 16.7. The van der Waals surface area contributed by atoms with Crippen LogP contribution in [0.3, 0.4) is 0 Å². The van der Waals surface area contributed by atoms with Gasteiger partial charge in [-0.15, -0.1) is 0 Å². The highest BCUT2D eigenvalue weighted by Crippen LogP contribution is 2.39. The minimum absolute atomic E-state index is 0.00934. The fraction of sp³-hybridized carbons (Fsp3) is 0.531. The van der Waals surface area contributed by atoms with Crippen LogP contribution in [0.5, 0.6) is 17.2 Å². The van der Waals surface area contributed by atoms with Gasteiger partial charge in [-0.3, -0.25) is 14.6 Å². The molecule has 4 atom stereocenters. The summed E-state index contributed by atoms with van der Waals surface area (Å²) >= 11 is 4.97. The van der Waals surface area contributed by atoms with Crippen molar-refractivity contribution in [1.29, 1.82) is 0 Å². The summed E-state index contributed by atoms with van der Waals surface area (Å²) in [6.07, 6.45) is 2.38. The fourth-order valence-corrected chi connectivity index (χ4v) is 7.22. The predicted molar refractivity (Wildman–Crippen MR) is 177 cm³/mol. The number of methoxy groups -OCH3 is 3. The Hall–Kier alpha value is -2.93. The third-order valence-corrected chi connectivity index (χ3v) is 10.1. The third-order valence-electron chi connectivity index (χ3n) is 8.86. The standard InChI is InChI=1S/C32H43BrN6O4S/c1-20-18-39(31(40)24-14-27(41-4)30(43-6)28(15-24)42-5)21(2)17-37(20)19-29-35-32(44-36-29)34-16-26-8-7-13-38(26)22(3)23-9-11-25(33)12-10-23/h9-12,14-15,20-22,26H,7-8,13,16-19H2,1-6H3,(H,34,35,36)/t20-,21-,22-,26-/m0/s1. The Bertz CT molecular complexity index is 1400. The van der Waals surface area contributed by atoms with Gasteiger partial charge in [0.1, 0.15) is 0 Å². The summed E-state index contributed by atoms with van der Waals surface area (Å²) in [5.41, 5.74) is 1.85. The number of anilines is 1. The van der Waals surface area contributed by atoms with Crippen molar-refractivity contribution >= 4 is 38.5 Å². The molecular weight excluding hydrogens is 644 g/mol. The molecule has 0 aliphatic carbocycles. The van der Waals surface area contributed by atoms with Gasteiger partial charge in [0.25, 0.3) is 5.91 Å². The molecular formula is C32H43BrN6O4S. The molecule has 0 radical (unpaired) electrons. The van der Waals surface area contributed by atoms with Gasteiger partial charge in [-0.05, 0) is 70.0 Å². The number of carbonyl (C=O) groups is 1. The minimum Gasteiger partial charge on any atom is -0.493 e. The Morgan fingerprint density at radius 1 is 1.07 bits per heavy atom. The summed E-state index contributed by atoms with van der Waals surface area (Å²) in [6, 6.07) is 13.1. The Balaban J connectivity index is 1.16. The number of halogens is 1. The molecule has 0 saturated carbocycles. The Kier molecular flexibility index (Phi) is 10.7. The van der Waals surface area contributed by atoms with Gasteiger partial charge >= 0.3 is 0 Å². The van der Waals surface area contributed by atoms with E-state index in [-0.39, 0.29) is 18.0 Å². The molecule has 1 amide bonds. The number of aromatic nitrogens is 2. The van der Waals surface area contributed by atoms with E-state index in [9.17, 15) is 4.79 Å². The average molecular weight is 688 g/mol. The van der Waals surface area contributed by atoms with Gasteiger partial charge in [-0.25, -0.2) is 4.98 Å². The van der Waals surface area contributed by atoms with E-state index in [1.54, 1.807) is 33.5 Å². The quantitative estimate of drug-likeness (QED) is 0.273. The highest BCUT2D eigenvalue weighted by atomic mass is 79.9. The lowest BCUT2D eigenvalue weighted by atomic mass is 10.1. The molecule has 1 aromatic heterocycles. The second-order valence-corrected chi connectivity index (χ2v) is 13.3. The number of hydrogen-bond donors (Lipinski definition) is 1. The molecule has 0 spiro atoms. The summed E-state index contributed by atoms with van der Waals surface area (Å²) in [6.45, 7) is 10.5. The average Bonchev–Trinajstić information content (AvgIpc) is 3.70. The Morgan fingerprint density at radius 3 is 2.43 bits per heavy atom. The third kappa shape index (κ3) is 7.14. The van der Waals surface area contributed by atoms with Crippen LogP contribution in [0.4, 0.5) is 5.13 Å². The van der Waals surface area contributed by atoms with Crippen LogP contribution in [0.25, 0.3) is 0 Å². The molecule has 3 heterocycles. The number of benzene rings is 2. The summed E-state index contributed by atoms with van der Waals surface area (Å²) in [5.74, 6) is 2.16. The van der Waals surface area contributed by atoms with E-state index in [0.717, 1.165) is 35.1 Å². The fourth-order valence-electron chi connectivity index (χ4n) is 6.37. The normalized spacial score (nSPS) is 21.7. The maximum atomic E-state index is 13.6. The number of piperazine rings is 1. The molecule has 12 heteroatoms. The molecule has 3 aromatic rings. The smallest absolute Gasteiger partial charge is 0.254 e. The molecule has 2 aliphatic rings. The zero-order valence-corrected chi connectivity index (χ0v) is 28.8. The number of ether oxygens (including phenoxy) is 3. The van der Waals surface area contributed by atoms with Gasteiger partial charge < -0.3 is 24.4 Å². The van der Waals surface area contributed by atoms with Gasteiger partial charge in [0.15, 0.2) is 17.3 Å². The second-order valence-electron chi connectivity index (χ2n) is 11.7. The number of nitrogens with zero attached hydrogens (tertiary/aromatic N) is 5. The first-order chi connectivity index (χ1) is 21.2. The minimum atomic E-state index is -0.0584. The SMILES string of the molecule is COc1cc(C(=O)N2C[C@H](C)N(Cc3nsc(NC[C@@H]4CCCN4[C@@H](C)c4ccc(Br)cc4)n3)C[C@@H]2C)cc(OC)c1OC. The number of hydrogen-bond acceptors (Lipinski definition) is 10. The van der Waals surface area contributed by atoms with Crippen molar-refractivity contribution in [2.45, 2.75) is 64.3 Å². The molecule has 2 aliphatic heterocycles. The van der Waals surface area contributed by atoms with Crippen LogP contribution in [-0.2, 0) is 6.54 Å².